The van der Waals surface area contributed by atoms with Crippen LogP contribution < -0.4 is 25.3 Å². The molecule has 4 N–H and O–H groups in total. The van der Waals surface area contributed by atoms with Gasteiger partial charge >= 0.3 is 0 Å². The van der Waals surface area contributed by atoms with Crippen LogP contribution in [0.15, 0.2) is 42.5 Å². The Morgan fingerprint density at radius 1 is 1.12 bits per heavy atom. The Morgan fingerprint density at radius 3 is 2.42 bits per heavy atom. The summed E-state index contributed by atoms with van der Waals surface area (Å²) in [5, 5.41) is 11.5. The number of carbonyl (C=O) groups excluding carboxylic acids is 1. The lowest BCUT2D eigenvalue weighted by molar-refractivity contribution is -0.118. The number of anilines is 1. The number of benzene rings is 2. The van der Waals surface area contributed by atoms with Crippen LogP contribution in [-0.2, 0) is 11.2 Å². The van der Waals surface area contributed by atoms with E-state index in [1.54, 1.807) is 38.5 Å². The topological polar surface area (TPSA) is 103 Å². The molecule has 26 heavy (non-hydrogen) atoms. The lowest BCUT2D eigenvalue weighted by atomic mass is 10.1. The second-order valence-corrected chi connectivity index (χ2v) is 5.59. The van der Waals surface area contributed by atoms with Crippen molar-refractivity contribution in [3.63, 3.8) is 0 Å². The third kappa shape index (κ3) is 5.37. The molecule has 2 aromatic carbocycles. The van der Waals surface area contributed by atoms with Crippen LogP contribution in [0.4, 0.5) is 5.69 Å². The van der Waals surface area contributed by atoms with Crippen LogP contribution in [0.25, 0.3) is 0 Å². The molecule has 7 nitrogen and oxygen atoms in total. The molecule has 0 aliphatic heterocycles. The molecule has 0 radical (unpaired) electrons. The fourth-order valence-electron chi connectivity index (χ4n) is 2.28. The summed E-state index contributed by atoms with van der Waals surface area (Å²) in [6, 6.07) is 11.8. The highest BCUT2D eigenvalue weighted by atomic mass is 16.5. The lowest BCUT2D eigenvalue weighted by Gasteiger charge is -2.11. The Labute approximate surface area is 152 Å². The van der Waals surface area contributed by atoms with Gasteiger partial charge in [0.15, 0.2) is 11.5 Å². The van der Waals surface area contributed by atoms with Gasteiger partial charge in [0.2, 0.25) is 5.91 Å². The van der Waals surface area contributed by atoms with Gasteiger partial charge < -0.3 is 30.4 Å². The smallest absolute Gasteiger partial charge is 0.243 e. The quantitative estimate of drug-likeness (QED) is 0.627. The summed E-state index contributed by atoms with van der Waals surface area (Å²) in [5.41, 5.74) is 7.11. The van der Waals surface area contributed by atoms with Crippen molar-refractivity contribution in [3.05, 3.63) is 48.0 Å². The summed E-state index contributed by atoms with van der Waals surface area (Å²) in [7, 11) is 3.20. The Kier molecular flexibility index (Phi) is 7.25. The van der Waals surface area contributed by atoms with E-state index in [1.165, 1.54) is 0 Å². The molecule has 0 fully saturated rings. The number of ether oxygens (including phenoxy) is 3. The molecule has 140 valence electrons. The number of hydrogen-bond donors (Lipinski definition) is 3. The molecule has 0 saturated carbocycles. The second-order valence-electron chi connectivity index (χ2n) is 5.59. The van der Waals surface area contributed by atoms with Crippen molar-refractivity contribution < 1.29 is 24.1 Å². The Balaban J connectivity index is 1.85. The third-order valence-electron chi connectivity index (χ3n) is 3.76. The minimum atomic E-state index is -0.938. The van der Waals surface area contributed by atoms with Gasteiger partial charge in [-0.25, -0.2) is 0 Å². The first-order valence-corrected chi connectivity index (χ1v) is 8.18. The molecule has 0 saturated heterocycles. The zero-order valence-corrected chi connectivity index (χ0v) is 14.9. The number of aliphatic hydroxyl groups excluding tert-OH is 1. The van der Waals surface area contributed by atoms with Crippen molar-refractivity contribution >= 4 is 11.6 Å². The summed E-state index contributed by atoms with van der Waals surface area (Å²) >= 11 is 0. The number of hydrogen-bond acceptors (Lipinski definition) is 6. The van der Waals surface area contributed by atoms with Gasteiger partial charge in [-0.15, -0.1) is 0 Å². The molecular weight excluding hydrogens is 336 g/mol. The number of nitrogens with one attached hydrogen (secondary N) is 1. The number of aliphatic hydroxyl groups is 1. The summed E-state index contributed by atoms with van der Waals surface area (Å²) < 4.78 is 16.2. The number of rotatable bonds is 9. The van der Waals surface area contributed by atoms with Crippen molar-refractivity contribution in [1.82, 2.24) is 0 Å². The minimum Gasteiger partial charge on any atom is -0.493 e. The standard InChI is InChI=1S/C19H24N2O5/c1-24-17-8-3-13(11-18(17)25-2)9-10-26-15-6-4-14(5-7-15)21-19(23)16(20)12-22/h3-8,11,16,22H,9-10,12,20H2,1-2H3,(H,21,23)/t16-/m0/s1. The fourth-order valence-corrected chi connectivity index (χ4v) is 2.28. The van der Waals surface area contributed by atoms with Gasteiger partial charge in [-0.3, -0.25) is 4.79 Å². The van der Waals surface area contributed by atoms with E-state index in [4.69, 9.17) is 25.1 Å². The predicted octanol–water partition coefficient (Wildman–Crippen LogP) is 1.58. The molecule has 0 aliphatic rings. The van der Waals surface area contributed by atoms with Crippen molar-refractivity contribution in [2.75, 3.05) is 32.8 Å². The maximum atomic E-state index is 11.6. The van der Waals surface area contributed by atoms with Crippen molar-refractivity contribution in [2.45, 2.75) is 12.5 Å². The number of methoxy groups -OCH3 is 2. The molecule has 1 amide bonds. The first-order valence-electron chi connectivity index (χ1n) is 8.18. The van der Waals surface area contributed by atoms with Gasteiger partial charge in [0, 0.05) is 12.1 Å². The molecule has 2 aromatic rings. The molecule has 0 spiro atoms. The highest BCUT2D eigenvalue weighted by Crippen LogP contribution is 2.27. The van der Waals surface area contributed by atoms with Crippen molar-refractivity contribution in [1.29, 1.82) is 0 Å². The average Bonchev–Trinajstić information content (AvgIpc) is 2.68. The molecule has 1 atom stereocenters. The lowest BCUT2D eigenvalue weighted by Crippen LogP contribution is -2.38. The van der Waals surface area contributed by atoms with Crippen LogP contribution in [0, 0.1) is 0 Å². The van der Waals surface area contributed by atoms with Crippen LogP contribution >= 0.6 is 0 Å². The normalized spacial score (nSPS) is 11.5. The fraction of sp³-hybridized carbons (Fsp3) is 0.316. The first kappa shape index (κ1) is 19.6. The minimum absolute atomic E-state index is 0.400. The average molecular weight is 360 g/mol. The van der Waals surface area contributed by atoms with E-state index in [1.807, 2.05) is 18.2 Å². The van der Waals surface area contributed by atoms with E-state index < -0.39 is 18.6 Å². The molecule has 0 aromatic heterocycles. The maximum Gasteiger partial charge on any atom is 0.243 e. The monoisotopic (exact) mass is 360 g/mol. The van der Waals surface area contributed by atoms with E-state index in [-0.39, 0.29) is 0 Å². The Bertz CT molecular complexity index is 718. The van der Waals surface area contributed by atoms with Crippen molar-refractivity contribution in [3.8, 4) is 17.2 Å². The van der Waals surface area contributed by atoms with Gasteiger partial charge in [0.25, 0.3) is 0 Å². The van der Waals surface area contributed by atoms with E-state index in [9.17, 15) is 4.79 Å². The van der Waals surface area contributed by atoms with Gasteiger partial charge in [-0.05, 0) is 42.0 Å². The number of amides is 1. The second kappa shape index (κ2) is 9.65. The third-order valence-corrected chi connectivity index (χ3v) is 3.76. The Morgan fingerprint density at radius 2 is 1.81 bits per heavy atom. The van der Waals surface area contributed by atoms with Crippen LogP contribution in [0.3, 0.4) is 0 Å². The van der Waals surface area contributed by atoms with Crippen LogP contribution in [0.1, 0.15) is 5.56 Å². The SMILES string of the molecule is COc1ccc(CCOc2ccc(NC(=O)[C@@H](N)CO)cc2)cc1OC. The molecule has 2 rings (SSSR count). The molecule has 0 unspecified atom stereocenters. The maximum absolute atomic E-state index is 11.6. The molecule has 0 bridgehead atoms. The largest absolute Gasteiger partial charge is 0.493 e. The first-order chi connectivity index (χ1) is 12.6. The van der Waals surface area contributed by atoms with Gasteiger partial charge in [-0.2, -0.15) is 0 Å². The van der Waals surface area contributed by atoms with Gasteiger partial charge in [-0.1, -0.05) is 6.07 Å². The van der Waals surface area contributed by atoms with Crippen LogP contribution in [-0.4, -0.2) is 44.5 Å². The van der Waals surface area contributed by atoms with Crippen molar-refractivity contribution in [2.24, 2.45) is 5.73 Å². The van der Waals surface area contributed by atoms with E-state index in [2.05, 4.69) is 5.32 Å². The molecule has 0 heterocycles. The molecule has 0 aliphatic carbocycles. The predicted molar refractivity (Wildman–Crippen MR) is 98.9 cm³/mol. The van der Waals surface area contributed by atoms with E-state index >= 15 is 0 Å². The summed E-state index contributed by atoms with van der Waals surface area (Å²) in [6.07, 6.45) is 0.712. The zero-order valence-electron chi connectivity index (χ0n) is 14.9. The Hall–Kier alpha value is -2.77. The van der Waals surface area contributed by atoms with E-state index in [0.717, 1.165) is 5.56 Å². The van der Waals surface area contributed by atoms with Gasteiger partial charge in [0.1, 0.15) is 11.8 Å². The van der Waals surface area contributed by atoms with Crippen LogP contribution in [0.5, 0.6) is 17.2 Å². The summed E-state index contributed by atoms with van der Waals surface area (Å²) in [4.78, 5) is 11.6. The van der Waals surface area contributed by atoms with Crippen LogP contribution in [0.2, 0.25) is 0 Å². The number of nitrogens with two attached hydrogens (primary N) is 1. The van der Waals surface area contributed by atoms with Gasteiger partial charge in [0.05, 0.1) is 27.4 Å². The summed E-state index contributed by atoms with van der Waals surface area (Å²) in [6.45, 7) is 0.0970. The highest BCUT2D eigenvalue weighted by Gasteiger charge is 2.11. The highest BCUT2D eigenvalue weighted by molar-refractivity contribution is 5.94. The molecular formula is C19H24N2O5. The zero-order chi connectivity index (χ0) is 18.9. The summed E-state index contributed by atoms with van der Waals surface area (Å²) in [5.74, 6) is 1.63. The van der Waals surface area contributed by atoms with E-state index in [0.29, 0.717) is 36.0 Å². The number of carbonyl (C=O) groups is 1. The molecule has 7 heteroatoms.